The number of nitrogens with zero attached hydrogens (tertiary/aromatic N) is 3. The Labute approximate surface area is 250 Å². The molecule has 1 saturated carbocycles. The van der Waals surface area contributed by atoms with E-state index in [1.165, 1.54) is 19.2 Å². The van der Waals surface area contributed by atoms with E-state index in [0.717, 1.165) is 29.5 Å². The average molecular weight is 607 g/mol. The first-order chi connectivity index (χ1) is 20.2. The lowest BCUT2D eigenvalue weighted by Gasteiger charge is -2.40. The van der Waals surface area contributed by atoms with Gasteiger partial charge < -0.3 is 15.2 Å². The quantitative estimate of drug-likeness (QED) is 0.289. The van der Waals surface area contributed by atoms with E-state index in [9.17, 15) is 14.7 Å². The zero-order valence-electron chi connectivity index (χ0n) is 22.4. The molecule has 214 valence electrons. The largest absolute Gasteiger partial charge is 0.496 e. The molecule has 1 aliphatic carbocycles. The fourth-order valence-corrected chi connectivity index (χ4v) is 8.06. The van der Waals surface area contributed by atoms with Crippen molar-refractivity contribution in [2.45, 2.75) is 42.8 Å². The zero-order valence-corrected chi connectivity index (χ0v) is 23.9. The highest BCUT2D eigenvalue weighted by Crippen LogP contribution is 2.64. The van der Waals surface area contributed by atoms with Gasteiger partial charge >= 0.3 is 5.97 Å². The van der Waals surface area contributed by atoms with Crippen LogP contribution in [0.3, 0.4) is 0 Å². The summed E-state index contributed by atoms with van der Waals surface area (Å²) in [6.07, 6.45) is 2.68. The molecule has 4 aromatic rings. The SMILES string of the molecule is COc1cc2c3n(nc2cc1C(=O)O)C1[C@H](C3)N(CC2CC2)[C@@]2(C(=O)Nc3cc(Cl)ccc32)[C@H]1c1cccc(Cl)c1F. The number of hydrogen-bond donors (Lipinski definition) is 2. The second kappa shape index (κ2) is 8.92. The minimum Gasteiger partial charge on any atom is -0.496 e. The first-order valence-electron chi connectivity index (χ1n) is 13.9. The van der Waals surface area contributed by atoms with E-state index in [4.69, 9.17) is 33.0 Å². The van der Waals surface area contributed by atoms with Crippen molar-refractivity contribution < 1.29 is 23.8 Å². The fraction of sp³-hybridized carbons (Fsp3) is 0.323. The lowest BCUT2D eigenvalue weighted by molar-refractivity contribution is -0.128. The number of carboxylic acid groups (broad SMARTS) is 1. The van der Waals surface area contributed by atoms with Crippen LogP contribution in [0, 0.1) is 11.7 Å². The molecule has 0 radical (unpaired) electrons. The van der Waals surface area contributed by atoms with Crippen LogP contribution in [0.5, 0.6) is 5.75 Å². The number of hydrogen-bond acceptors (Lipinski definition) is 5. The number of rotatable bonds is 5. The van der Waals surface area contributed by atoms with Gasteiger partial charge in [0.05, 0.1) is 23.7 Å². The second-order valence-corrected chi connectivity index (χ2v) is 12.5. The molecule has 42 heavy (non-hydrogen) atoms. The summed E-state index contributed by atoms with van der Waals surface area (Å²) in [5, 5.41) is 19.0. The normalized spacial score (nSPS) is 26.0. The third kappa shape index (κ3) is 3.35. The van der Waals surface area contributed by atoms with Gasteiger partial charge in [0.15, 0.2) is 0 Å². The smallest absolute Gasteiger partial charge is 0.339 e. The highest BCUT2D eigenvalue weighted by molar-refractivity contribution is 6.31. The number of halogens is 3. The van der Waals surface area contributed by atoms with Crippen molar-refractivity contribution in [1.29, 1.82) is 0 Å². The van der Waals surface area contributed by atoms with E-state index in [0.29, 0.717) is 40.7 Å². The molecule has 1 saturated heterocycles. The van der Waals surface area contributed by atoms with Crippen molar-refractivity contribution in [3.8, 4) is 5.75 Å². The summed E-state index contributed by atoms with van der Waals surface area (Å²) in [7, 11) is 1.44. The van der Waals surface area contributed by atoms with Crippen molar-refractivity contribution in [3.05, 3.63) is 86.8 Å². The van der Waals surface area contributed by atoms with Crippen molar-refractivity contribution in [2.75, 3.05) is 19.0 Å². The van der Waals surface area contributed by atoms with Gasteiger partial charge in [-0.15, -0.1) is 0 Å². The molecule has 11 heteroatoms. The number of benzene rings is 3. The maximum atomic E-state index is 16.1. The van der Waals surface area contributed by atoms with Gasteiger partial charge in [-0.25, -0.2) is 9.18 Å². The van der Waals surface area contributed by atoms with Gasteiger partial charge in [-0.05, 0) is 54.7 Å². The Balaban J connectivity index is 1.42. The number of carboxylic acids is 1. The van der Waals surface area contributed by atoms with Gasteiger partial charge in [0.2, 0.25) is 5.91 Å². The molecule has 4 atom stereocenters. The number of carbonyl (C=O) groups is 2. The van der Waals surface area contributed by atoms with Gasteiger partial charge in [-0.2, -0.15) is 5.10 Å². The van der Waals surface area contributed by atoms with Gasteiger partial charge in [-0.1, -0.05) is 41.4 Å². The summed E-state index contributed by atoms with van der Waals surface area (Å²) in [5.74, 6) is -1.94. The molecule has 0 bridgehead atoms. The molecule has 1 spiro atoms. The lowest BCUT2D eigenvalue weighted by atomic mass is 9.73. The Morgan fingerprint density at radius 3 is 2.76 bits per heavy atom. The number of fused-ring (bicyclic) bond motifs is 7. The standard InChI is InChI=1S/C31H25Cl2FN4O4/c1-42-25-11-17-21(10-18(25)29(39)40)36-38-23(17)12-24-28(38)26(16-3-2-4-20(33)27(16)34)31(37(24)13-14-5-6-14)19-8-7-15(32)9-22(19)35-30(31)41/h2-4,7-11,14,24,26,28H,5-6,12-13H2,1H3,(H,35,41)(H,39,40)/t24-,26-,28?,31+/m0/s1. The number of nitrogens with one attached hydrogen (secondary N) is 1. The van der Waals surface area contributed by atoms with Crippen molar-refractivity contribution in [3.63, 3.8) is 0 Å². The Hall–Kier alpha value is -3.66. The third-order valence-corrected chi connectivity index (χ3v) is 10.1. The van der Waals surface area contributed by atoms with E-state index < -0.39 is 29.3 Å². The average Bonchev–Trinajstić information content (AvgIpc) is 3.41. The van der Waals surface area contributed by atoms with Gasteiger partial charge in [0, 0.05) is 52.3 Å². The van der Waals surface area contributed by atoms with Crippen LogP contribution in [0.25, 0.3) is 10.9 Å². The predicted molar refractivity (Wildman–Crippen MR) is 155 cm³/mol. The molecular weight excluding hydrogens is 582 g/mol. The first-order valence-corrected chi connectivity index (χ1v) is 14.6. The van der Waals surface area contributed by atoms with Crippen LogP contribution in [-0.2, 0) is 16.8 Å². The Kier molecular flexibility index (Phi) is 5.52. The van der Waals surface area contributed by atoms with Crippen molar-refractivity contribution in [1.82, 2.24) is 14.7 Å². The summed E-state index contributed by atoms with van der Waals surface area (Å²) in [6, 6.07) is 12.9. The first kappa shape index (κ1) is 26.0. The number of aromatic nitrogens is 2. The Bertz CT molecular complexity index is 1860. The highest BCUT2D eigenvalue weighted by Gasteiger charge is 2.69. The molecule has 4 heterocycles. The topological polar surface area (TPSA) is 96.7 Å². The minimum absolute atomic E-state index is 0.00925. The van der Waals surface area contributed by atoms with Crippen LogP contribution >= 0.6 is 23.2 Å². The highest BCUT2D eigenvalue weighted by atomic mass is 35.5. The van der Waals surface area contributed by atoms with Crippen molar-refractivity contribution >= 4 is 51.7 Å². The number of carbonyl (C=O) groups excluding carboxylic acids is 1. The van der Waals surface area contributed by atoms with Crippen LogP contribution in [0.15, 0.2) is 48.5 Å². The number of anilines is 1. The molecule has 3 aromatic carbocycles. The molecule has 8 nitrogen and oxygen atoms in total. The lowest BCUT2D eigenvalue weighted by Crippen LogP contribution is -2.53. The molecule has 4 aliphatic rings. The Morgan fingerprint density at radius 2 is 2.02 bits per heavy atom. The van der Waals surface area contributed by atoms with Gasteiger partial charge in [0.1, 0.15) is 22.7 Å². The molecular formula is C31H25Cl2FN4O4. The molecule has 8 rings (SSSR count). The summed E-state index contributed by atoms with van der Waals surface area (Å²) in [5.41, 5.74) is 1.88. The van der Waals surface area contributed by atoms with E-state index in [1.807, 2.05) is 10.7 Å². The third-order valence-electron chi connectivity index (χ3n) is 9.53. The predicted octanol–water partition coefficient (Wildman–Crippen LogP) is 6.01. The van der Waals surface area contributed by atoms with E-state index in [2.05, 4.69) is 10.2 Å². The van der Waals surface area contributed by atoms with E-state index >= 15 is 4.39 Å². The maximum Gasteiger partial charge on any atom is 0.339 e. The summed E-state index contributed by atoms with van der Waals surface area (Å²) in [6.45, 7) is 0.671. The monoisotopic (exact) mass is 606 g/mol. The van der Waals surface area contributed by atoms with E-state index in [-0.39, 0.29) is 28.3 Å². The van der Waals surface area contributed by atoms with Crippen LogP contribution in [0.2, 0.25) is 10.0 Å². The second-order valence-electron chi connectivity index (χ2n) is 11.7. The Morgan fingerprint density at radius 1 is 1.21 bits per heavy atom. The molecule has 1 amide bonds. The number of likely N-dealkylation sites (tertiary alicyclic amines) is 1. The van der Waals surface area contributed by atoms with Crippen LogP contribution in [0.1, 0.15) is 52.0 Å². The van der Waals surface area contributed by atoms with Gasteiger partial charge in [-0.3, -0.25) is 14.4 Å². The summed E-state index contributed by atoms with van der Waals surface area (Å²) in [4.78, 5) is 28.6. The molecule has 2 N–H and O–H groups in total. The van der Waals surface area contributed by atoms with Crippen LogP contribution in [0.4, 0.5) is 10.1 Å². The van der Waals surface area contributed by atoms with E-state index in [1.54, 1.807) is 30.3 Å². The van der Waals surface area contributed by atoms with Crippen LogP contribution < -0.4 is 10.1 Å². The fourth-order valence-electron chi connectivity index (χ4n) is 7.71. The molecule has 2 fully saturated rings. The summed E-state index contributed by atoms with van der Waals surface area (Å²) >= 11 is 12.7. The van der Waals surface area contributed by atoms with Crippen LogP contribution in [-0.4, -0.2) is 51.4 Å². The zero-order chi connectivity index (χ0) is 29.1. The molecule has 1 aromatic heterocycles. The molecule has 1 unspecified atom stereocenters. The minimum atomic E-state index is -1.23. The number of aromatic carboxylic acids is 1. The summed E-state index contributed by atoms with van der Waals surface area (Å²) < 4.78 is 23.4. The molecule has 3 aliphatic heterocycles. The van der Waals surface area contributed by atoms with Gasteiger partial charge in [0.25, 0.3) is 0 Å². The number of methoxy groups -OCH3 is 1. The number of ether oxygens (including phenoxy) is 1. The maximum absolute atomic E-state index is 16.1. The number of amides is 1. The van der Waals surface area contributed by atoms with Crippen molar-refractivity contribution in [2.24, 2.45) is 5.92 Å².